The summed E-state index contributed by atoms with van der Waals surface area (Å²) < 4.78 is 0. The van der Waals surface area contributed by atoms with Gasteiger partial charge in [-0.1, -0.05) is 19.3 Å². The predicted octanol–water partition coefficient (Wildman–Crippen LogP) is 1.94. The first-order chi connectivity index (χ1) is 9.83. The van der Waals surface area contributed by atoms with Crippen molar-refractivity contribution in [2.24, 2.45) is 0 Å². The summed E-state index contributed by atoms with van der Waals surface area (Å²) in [4.78, 5) is 21.4. The van der Waals surface area contributed by atoms with Crippen LogP contribution in [0.25, 0.3) is 0 Å². The number of carbonyl (C=O) groups excluding carboxylic acids is 1. The Bertz CT molecular complexity index is 425. The lowest BCUT2D eigenvalue weighted by Crippen LogP contribution is -2.51. The molecule has 0 radical (unpaired) electrons. The normalized spacial score (nSPS) is 25.5. The van der Waals surface area contributed by atoms with Crippen molar-refractivity contribution in [1.29, 1.82) is 0 Å². The Morgan fingerprint density at radius 2 is 2.10 bits per heavy atom. The number of amides is 1. The van der Waals surface area contributed by atoms with Crippen LogP contribution in [0.1, 0.15) is 55.4 Å². The van der Waals surface area contributed by atoms with Gasteiger partial charge in [0.05, 0.1) is 12.5 Å². The summed E-state index contributed by atoms with van der Waals surface area (Å²) in [6.07, 6.45) is 12.2. The van der Waals surface area contributed by atoms with Crippen molar-refractivity contribution in [3.8, 4) is 0 Å². The summed E-state index contributed by atoms with van der Waals surface area (Å²) in [5.74, 6) is -0.0296. The zero-order valence-corrected chi connectivity index (χ0v) is 12.0. The van der Waals surface area contributed by atoms with Crippen LogP contribution in [-0.4, -0.2) is 45.9 Å². The highest BCUT2D eigenvalue weighted by Gasteiger charge is 2.27. The Balaban J connectivity index is 1.53. The first kappa shape index (κ1) is 13.6. The minimum absolute atomic E-state index is 0.0296. The summed E-state index contributed by atoms with van der Waals surface area (Å²) in [5, 5.41) is 3.14. The third kappa shape index (κ3) is 3.20. The third-order valence-corrected chi connectivity index (χ3v) is 4.62. The number of likely N-dealkylation sites (tertiary alicyclic amines) is 1. The topological polar surface area (TPSA) is 61.0 Å². The van der Waals surface area contributed by atoms with Crippen LogP contribution in [0, 0.1) is 0 Å². The zero-order chi connectivity index (χ0) is 13.8. The lowest BCUT2D eigenvalue weighted by molar-refractivity contribution is 0.0832. The van der Waals surface area contributed by atoms with Gasteiger partial charge in [-0.25, -0.2) is 4.98 Å². The summed E-state index contributed by atoms with van der Waals surface area (Å²) in [6.45, 7) is 2.20. The number of nitrogens with one attached hydrogen (secondary N) is 2. The summed E-state index contributed by atoms with van der Waals surface area (Å²) in [6, 6.07) is 1.03. The quantitative estimate of drug-likeness (QED) is 0.887. The smallest absolute Gasteiger partial charge is 0.269 e. The van der Waals surface area contributed by atoms with E-state index in [9.17, 15) is 4.79 Å². The number of H-pyrrole nitrogens is 1. The van der Waals surface area contributed by atoms with Crippen LogP contribution in [0.4, 0.5) is 0 Å². The number of hydrogen-bond acceptors (Lipinski definition) is 3. The van der Waals surface area contributed by atoms with Crippen LogP contribution >= 0.6 is 0 Å². The molecule has 3 rings (SSSR count). The molecule has 1 atom stereocenters. The Hall–Kier alpha value is -1.36. The van der Waals surface area contributed by atoms with Gasteiger partial charge in [0.2, 0.25) is 0 Å². The van der Waals surface area contributed by atoms with Gasteiger partial charge in [0, 0.05) is 18.6 Å². The molecule has 2 fully saturated rings. The van der Waals surface area contributed by atoms with Crippen molar-refractivity contribution in [2.45, 2.75) is 57.0 Å². The van der Waals surface area contributed by atoms with Crippen LogP contribution in [0.3, 0.4) is 0 Å². The van der Waals surface area contributed by atoms with E-state index in [2.05, 4.69) is 20.2 Å². The van der Waals surface area contributed by atoms with Gasteiger partial charge in [0.15, 0.2) is 0 Å². The highest BCUT2D eigenvalue weighted by molar-refractivity contribution is 5.92. The van der Waals surface area contributed by atoms with Crippen LogP contribution in [0.2, 0.25) is 0 Å². The van der Waals surface area contributed by atoms with Gasteiger partial charge in [-0.05, 0) is 32.2 Å². The van der Waals surface area contributed by atoms with E-state index in [0.717, 1.165) is 19.0 Å². The van der Waals surface area contributed by atoms with Crippen LogP contribution in [0.15, 0.2) is 12.5 Å². The highest BCUT2D eigenvalue weighted by atomic mass is 16.2. The Kier molecular flexibility index (Phi) is 4.35. The number of carbonyl (C=O) groups is 1. The molecule has 2 N–H and O–H groups in total. The van der Waals surface area contributed by atoms with Crippen molar-refractivity contribution in [1.82, 2.24) is 20.2 Å². The molecule has 5 heteroatoms. The highest BCUT2D eigenvalue weighted by Crippen LogP contribution is 2.25. The maximum atomic E-state index is 12.1. The lowest BCUT2D eigenvalue weighted by atomic mass is 9.92. The first-order valence-electron chi connectivity index (χ1n) is 7.86. The van der Waals surface area contributed by atoms with Gasteiger partial charge < -0.3 is 10.3 Å². The van der Waals surface area contributed by atoms with Gasteiger partial charge in [-0.15, -0.1) is 0 Å². The maximum Gasteiger partial charge on any atom is 0.269 e. The van der Waals surface area contributed by atoms with E-state index < -0.39 is 0 Å². The van der Waals surface area contributed by atoms with Crippen LogP contribution in [0.5, 0.6) is 0 Å². The van der Waals surface area contributed by atoms with Gasteiger partial charge in [0.25, 0.3) is 5.91 Å². The number of imidazole rings is 1. The van der Waals surface area contributed by atoms with Gasteiger partial charge in [-0.2, -0.15) is 0 Å². The number of aromatic amines is 1. The Labute approximate surface area is 120 Å². The van der Waals surface area contributed by atoms with Gasteiger partial charge in [0.1, 0.15) is 5.69 Å². The molecule has 110 valence electrons. The molecule has 1 saturated heterocycles. The molecule has 1 saturated carbocycles. The molecule has 1 aromatic heterocycles. The number of rotatable bonds is 3. The standard InChI is InChI=1S/C15H24N4O/c20-15(14-9-16-11-17-14)18-12-5-4-8-19(10-12)13-6-2-1-3-7-13/h9,11-13H,1-8,10H2,(H,16,17)(H,18,20)/t12-/m1/s1. The number of aromatic nitrogens is 2. The molecule has 1 aliphatic heterocycles. The van der Waals surface area contributed by atoms with E-state index in [4.69, 9.17) is 0 Å². The van der Waals surface area contributed by atoms with E-state index in [-0.39, 0.29) is 11.9 Å². The second kappa shape index (κ2) is 6.39. The second-order valence-corrected chi connectivity index (χ2v) is 6.06. The molecule has 2 aliphatic rings. The number of hydrogen-bond donors (Lipinski definition) is 2. The molecule has 1 aromatic rings. The Morgan fingerprint density at radius 3 is 2.85 bits per heavy atom. The van der Waals surface area contributed by atoms with Crippen LogP contribution < -0.4 is 5.32 Å². The summed E-state index contributed by atoms with van der Waals surface area (Å²) >= 11 is 0. The Morgan fingerprint density at radius 1 is 1.25 bits per heavy atom. The molecule has 5 nitrogen and oxygen atoms in total. The number of nitrogens with zero attached hydrogens (tertiary/aromatic N) is 2. The van der Waals surface area contributed by atoms with Crippen molar-refractivity contribution in [2.75, 3.05) is 13.1 Å². The second-order valence-electron chi connectivity index (χ2n) is 6.06. The molecule has 0 bridgehead atoms. The monoisotopic (exact) mass is 276 g/mol. The fraction of sp³-hybridized carbons (Fsp3) is 0.733. The lowest BCUT2D eigenvalue weighted by Gasteiger charge is -2.40. The minimum Gasteiger partial charge on any atom is -0.347 e. The van der Waals surface area contributed by atoms with Crippen LogP contribution in [-0.2, 0) is 0 Å². The fourth-order valence-electron chi connectivity index (χ4n) is 3.55. The van der Waals surface area contributed by atoms with E-state index in [1.165, 1.54) is 45.1 Å². The van der Waals surface area contributed by atoms with E-state index in [0.29, 0.717) is 5.69 Å². The summed E-state index contributed by atoms with van der Waals surface area (Å²) in [7, 11) is 0. The van der Waals surface area contributed by atoms with Gasteiger partial charge in [-0.3, -0.25) is 9.69 Å². The molecule has 0 aromatic carbocycles. The van der Waals surface area contributed by atoms with Crippen molar-refractivity contribution >= 4 is 5.91 Å². The first-order valence-corrected chi connectivity index (χ1v) is 7.86. The molecule has 1 amide bonds. The number of piperidine rings is 1. The molecule has 0 unspecified atom stereocenters. The molecule has 20 heavy (non-hydrogen) atoms. The molecule has 2 heterocycles. The largest absolute Gasteiger partial charge is 0.347 e. The fourth-order valence-corrected chi connectivity index (χ4v) is 3.55. The van der Waals surface area contributed by atoms with E-state index >= 15 is 0 Å². The van der Waals surface area contributed by atoms with Crippen molar-refractivity contribution < 1.29 is 4.79 Å². The van der Waals surface area contributed by atoms with E-state index in [1.807, 2.05) is 0 Å². The maximum absolute atomic E-state index is 12.1. The average molecular weight is 276 g/mol. The zero-order valence-electron chi connectivity index (χ0n) is 12.0. The molecular formula is C15H24N4O. The average Bonchev–Trinajstić information content (AvgIpc) is 3.03. The van der Waals surface area contributed by atoms with Crippen molar-refractivity contribution in [3.63, 3.8) is 0 Å². The molecule has 1 aliphatic carbocycles. The molecular weight excluding hydrogens is 252 g/mol. The third-order valence-electron chi connectivity index (χ3n) is 4.62. The van der Waals surface area contributed by atoms with E-state index in [1.54, 1.807) is 12.5 Å². The summed E-state index contributed by atoms with van der Waals surface area (Å²) in [5.41, 5.74) is 0.555. The molecule has 0 spiro atoms. The van der Waals surface area contributed by atoms with Gasteiger partial charge >= 0.3 is 0 Å². The minimum atomic E-state index is -0.0296. The predicted molar refractivity (Wildman–Crippen MR) is 77.5 cm³/mol. The van der Waals surface area contributed by atoms with Crippen molar-refractivity contribution in [3.05, 3.63) is 18.2 Å². The SMILES string of the molecule is O=C(N[C@@H]1CCCN(C2CCCCC2)C1)c1cnc[nH]1.